The maximum atomic E-state index is 11.9. The zero-order valence-corrected chi connectivity index (χ0v) is 9.49. The van der Waals surface area contributed by atoms with Gasteiger partial charge in [0, 0.05) is 6.20 Å². The number of carbonyl (C=O) groups excluding carboxylic acids is 1. The first-order valence-corrected chi connectivity index (χ1v) is 5.64. The summed E-state index contributed by atoms with van der Waals surface area (Å²) in [5, 5.41) is 6.15. The van der Waals surface area contributed by atoms with Crippen LogP contribution < -0.4 is 10.6 Å². The van der Waals surface area contributed by atoms with Gasteiger partial charge < -0.3 is 10.6 Å². The number of nitrogens with one attached hydrogen (secondary N) is 2. The normalized spacial score (nSPS) is 24.3. The van der Waals surface area contributed by atoms with Crippen molar-refractivity contribution >= 4 is 5.91 Å². The molecule has 1 aromatic rings. The lowest BCUT2D eigenvalue weighted by molar-refractivity contribution is -0.126. The van der Waals surface area contributed by atoms with Gasteiger partial charge >= 0.3 is 0 Å². The molecule has 1 atom stereocenters. The predicted octanol–water partition coefficient (Wildman–Crippen LogP) is 0.840. The fourth-order valence-electron chi connectivity index (χ4n) is 1.96. The molecule has 4 nitrogen and oxygen atoms in total. The van der Waals surface area contributed by atoms with Crippen LogP contribution in [0.2, 0.25) is 0 Å². The van der Waals surface area contributed by atoms with Gasteiger partial charge in [-0.15, -0.1) is 0 Å². The van der Waals surface area contributed by atoms with E-state index in [2.05, 4.69) is 15.6 Å². The second-order valence-corrected chi connectivity index (χ2v) is 4.37. The van der Waals surface area contributed by atoms with Gasteiger partial charge in [0.05, 0.1) is 17.8 Å². The molecule has 0 aliphatic carbocycles. The summed E-state index contributed by atoms with van der Waals surface area (Å²) in [5.41, 5.74) is 0.492. The lowest BCUT2D eigenvalue weighted by Gasteiger charge is -2.22. The van der Waals surface area contributed by atoms with Crippen LogP contribution in [-0.4, -0.2) is 23.0 Å². The number of carbonyl (C=O) groups is 1. The van der Waals surface area contributed by atoms with Gasteiger partial charge in [-0.05, 0) is 38.4 Å². The molecule has 2 heterocycles. The minimum absolute atomic E-state index is 0.0654. The van der Waals surface area contributed by atoms with Crippen LogP contribution in [0.1, 0.15) is 25.5 Å². The Morgan fingerprint density at radius 3 is 3.12 bits per heavy atom. The van der Waals surface area contributed by atoms with E-state index < -0.39 is 5.54 Å². The minimum Gasteiger partial charge on any atom is -0.349 e. The Kier molecular flexibility index (Phi) is 3.19. The summed E-state index contributed by atoms with van der Waals surface area (Å²) in [6.45, 7) is 3.37. The van der Waals surface area contributed by atoms with Crippen molar-refractivity contribution in [3.05, 3.63) is 30.1 Å². The van der Waals surface area contributed by atoms with Gasteiger partial charge in [-0.3, -0.25) is 9.78 Å². The molecule has 1 aromatic heterocycles. The maximum absolute atomic E-state index is 11.9. The van der Waals surface area contributed by atoms with Crippen molar-refractivity contribution in [3.63, 3.8) is 0 Å². The summed E-state index contributed by atoms with van der Waals surface area (Å²) in [5.74, 6) is 0.0654. The minimum atomic E-state index is -0.394. The Balaban J connectivity index is 1.89. The van der Waals surface area contributed by atoms with Crippen molar-refractivity contribution in [2.45, 2.75) is 31.8 Å². The van der Waals surface area contributed by atoms with Gasteiger partial charge in [0.2, 0.25) is 5.91 Å². The largest absolute Gasteiger partial charge is 0.349 e. The van der Waals surface area contributed by atoms with Crippen molar-refractivity contribution in [1.82, 2.24) is 15.6 Å². The zero-order chi connectivity index (χ0) is 11.4. The average Bonchev–Trinajstić information content (AvgIpc) is 2.76. The lowest BCUT2D eigenvalue weighted by Crippen LogP contribution is -2.50. The summed E-state index contributed by atoms with van der Waals surface area (Å²) >= 11 is 0. The number of hydrogen-bond acceptors (Lipinski definition) is 3. The quantitative estimate of drug-likeness (QED) is 0.792. The molecular formula is C12H17N3O. The molecule has 1 unspecified atom stereocenters. The molecule has 1 amide bonds. The topological polar surface area (TPSA) is 54.0 Å². The van der Waals surface area contributed by atoms with Crippen molar-refractivity contribution in [1.29, 1.82) is 0 Å². The monoisotopic (exact) mass is 219 g/mol. The van der Waals surface area contributed by atoms with Crippen LogP contribution in [0, 0.1) is 0 Å². The molecule has 0 aromatic carbocycles. The summed E-state index contributed by atoms with van der Waals surface area (Å²) in [6, 6.07) is 5.69. The Morgan fingerprint density at radius 2 is 2.50 bits per heavy atom. The summed E-state index contributed by atoms with van der Waals surface area (Å²) in [4.78, 5) is 16.1. The molecule has 86 valence electrons. The average molecular weight is 219 g/mol. The number of nitrogens with zero attached hydrogens (tertiary/aromatic N) is 1. The van der Waals surface area contributed by atoms with Crippen LogP contribution in [0.4, 0.5) is 0 Å². The SMILES string of the molecule is CC1(C(=O)NCc2ccccn2)CCCN1. The molecule has 1 saturated heterocycles. The number of aromatic nitrogens is 1. The smallest absolute Gasteiger partial charge is 0.240 e. The van der Waals surface area contributed by atoms with Gasteiger partial charge in [-0.25, -0.2) is 0 Å². The zero-order valence-electron chi connectivity index (χ0n) is 9.49. The van der Waals surface area contributed by atoms with Crippen LogP contribution in [0.15, 0.2) is 24.4 Å². The van der Waals surface area contributed by atoms with E-state index in [0.717, 1.165) is 25.1 Å². The van der Waals surface area contributed by atoms with Gasteiger partial charge in [-0.1, -0.05) is 6.07 Å². The molecule has 16 heavy (non-hydrogen) atoms. The van der Waals surface area contributed by atoms with Crippen LogP contribution in [-0.2, 0) is 11.3 Å². The molecule has 2 N–H and O–H groups in total. The van der Waals surface area contributed by atoms with E-state index in [4.69, 9.17) is 0 Å². The molecule has 4 heteroatoms. The first kappa shape index (κ1) is 11.1. The second kappa shape index (κ2) is 4.61. The molecule has 0 bridgehead atoms. The van der Waals surface area contributed by atoms with E-state index >= 15 is 0 Å². The van der Waals surface area contributed by atoms with Crippen molar-refractivity contribution in [2.24, 2.45) is 0 Å². The fraction of sp³-hybridized carbons (Fsp3) is 0.500. The van der Waals surface area contributed by atoms with Crippen LogP contribution in [0.25, 0.3) is 0 Å². The standard InChI is InChI=1S/C12H17N3O/c1-12(6-4-8-15-12)11(16)14-9-10-5-2-3-7-13-10/h2-3,5,7,15H,4,6,8-9H2,1H3,(H,14,16). The van der Waals surface area contributed by atoms with Gasteiger partial charge in [0.15, 0.2) is 0 Å². The molecule has 1 aliphatic heterocycles. The summed E-state index contributed by atoms with van der Waals surface area (Å²) in [7, 11) is 0. The third kappa shape index (κ3) is 2.39. The van der Waals surface area contributed by atoms with E-state index in [1.54, 1.807) is 6.20 Å². The van der Waals surface area contributed by atoms with Crippen LogP contribution >= 0.6 is 0 Å². The van der Waals surface area contributed by atoms with Crippen LogP contribution in [0.3, 0.4) is 0 Å². The Morgan fingerprint density at radius 1 is 1.62 bits per heavy atom. The molecule has 0 saturated carbocycles. The Bertz CT molecular complexity index is 358. The lowest BCUT2D eigenvalue weighted by atomic mass is 9.99. The van der Waals surface area contributed by atoms with E-state index in [9.17, 15) is 4.79 Å². The van der Waals surface area contributed by atoms with E-state index in [-0.39, 0.29) is 5.91 Å². The predicted molar refractivity (Wildman–Crippen MR) is 61.7 cm³/mol. The molecule has 0 spiro atoms. The van der Waals surface area contributed by atoms with Crippen LogP contribution in [0.5, 0.6) is 0 Å². The second-order valence-electron chi connectivity index (χ2n) is 4.37. The van der Waals surface area contributed by atoms with Crippen molar-refractivity contribution in [3.8, 4) is 0 Å². The number of rotatable bonds is 3. The third-order valence-electron chi connectivity index (χ3n) is 3.03. The number of pyridine rings is 1. The fourth-order valence-corrected chi connectivity index (χ4v) is 1.96. The highest BCUT2D eigenvalue weighted by Crippen LogP contribution is 2.18. The van der Waals surface area contributed by atoms with Gasteiger partial charge in [0.1, 0.15) is 0 Å². The van der Waals surface area contributed by atoms with Crippen molar-refractivity contribution in [2.75, 3.05) is 6.54 Å². The highest BCUT2D eigenvalue weighted by molar-refractivity contribution is 5.86. The molecule has 1 fully saturated rings. The molecule has 1 aliphatic rings. The van der Waals surface area contributed by atoms with E-state index in [1.807, 2.05) is 25.1 Å². The third-order valence-corrected chi connectivity index (χ3v) is 3.03. The highest BCUT2D eigenvalue weighted by Gasteiger charge is 2.35. The van der Waals surface area contributed by atoms with E-state index in [0.29, 0.717) is 6.54 Å². The van der Waals surface area contributed by atoms with Gasteiger partial charge in [0.25, 0.3) is 0 Å². The van der Waals surface area contributed by atoms with E-state index in [1.165, 1.54) is 0 Å². The first-order valence-electron chi connectivity index (χ1n) is 5.64. The molecule has 0 radical (unpaired) electrons. The maximum Gasteiger partial charge on any atom is 0.240 e. The first-order chi connectivity index (χ1) is 7.71. The highest BCUT2D eigenvalue weighted by atomic mass is 16.2. The summed E-state index contributed by atoms with van der Waals surface area (Å²) < 4.78 is 0. The number of amides is 1. The van der Waals surface area contributed by atoms with Crippen molar-refractivity contribution < 1.29 is 4.79 Å². The van der Waals surface area contributed by atoms with Gasteiger partial charge in [-0.2, -0.15) is 0 Å². The Labute approximate surface area is 95.5 Å². The number of hydrogen-bond donors (Lipinski definition) is 2. The Hall–Kier alpha value is -1.42. The molecular weight excluding hydrogens is 202 g/mol. The summed E-state index contributed by atoms with van der Waals surface area (Å²) in [6.07, 6.45) is 3.70. The molecule has 2 rings (SSSR count).